The highest BCUT2D eigenvalue weighted by Crippen LogP contribution is 2.36. The second kappa shape index (κ2) is 13.1. The maximum absolute atomic E-state index is 14.0. The van der Waals surface area contributed by atoms with Gasteiger partial charge in [0.1, 0.15) is 17.7 Å². The van der Waals surface area contributed by atoms with E-state index in [1.54, 1.807) is 11.8 Å². The molecule has 38 heavy (non-hydrogen) atoms. The van der Waals surface area contributed by atoms with E-state index in [0.717, 1.165) is 5.56 Å². The lowest BCUT2D eigenvalue weighted by atomic mass is 9.71. The number of ether oxygens (including phenoxy) is 1. The zero-order valence-corrected chi connectivity index (χ0v) is 23.9. The summed E-state index contributed by atoms with van der Waals surface area (Å²) >= 11 is 0. The third-order valence-electron chi connectivity index (χ3n) is 7.14. The lowest BCUT2D eigenvalue weighted by molar-refractivity contribution is -0.144. The van der Waals surface area contributed by atoms with E-state index in [9.17, 15) is 24.3 Å². The number of hydrogen-bond acceptors (Lipinski definition) is 5. The summed E-state index contributed by atoms with van der Waals surface area (Å²) in [4.78, 5) is 53.4. The molecule has 0 aliphatic carbocycles. The highest BCUT2D eigenvalue weighted by Gasteiger charge is 2.45. The van der Waals surface area contributed by atoms with Crippen LogP contribution in [-0.2, 0) is 24.5 Å². The van der Waals surface area contributed by atoms with Gasteiger partial charge in [0, 0.05) is 13.1 Å². The summed E-state index contributed by atoms with van der Waals surface area (Å²) in [6, 6.07) is 7.46. The first-order valence-electron chi connectivity index (χ1n) is 13.6. The largest absolute Gasteiger partial charge is 0.480 e. The molecule has 9 nitrogen and oxygen atoms in total. The predicted molar refractivity (Wildman–Crippen MR) is 146 cm³/mol. The van der Waals surface area contributed by atoms with E-state index in [4.69, 9.17) is 4.74 Å². The highest BCUT2D eigenvalue weighted by atomic mass is 16.6. The first-order chi connectivity index (χ1) is 17.7. The van der Waals surface area contributed by atoms with Crippen LogP contribution >= 0.6 is 0 Å². The molecule has 2 rings (SSSR count). The Morgan fingerprint density at radius 1 is 1.03 bits per heavy atom. The molecule has 0 bridgehead atoms. The number of piperidine rings is 1. The lowest BCUT2D eigenvalue weighted by Gasteiger charge is -2.42. The topological polar surface area (TPSA) is 125 Å². The van der Waals surface area contributed by atoms with Gasteiger partial charge in [-0.15, -0.1) is 0 Å². The zero-order valence-electron chi connectivity index (χ0n) is 23.9. The molecule has 3 amide bonds. The summed E-state index contributed by atoms with van der Waals surface area (Å²) in [6.07, 6.45) is 1.26. The number of likely N-dealkylation sites (tertiary alicyclic amines) is 1. The van der Waals surface area contributed by atoms with E-state index in [1.807, 2.05) is 71.9 Å². The van der Waals surface area contributed by atoms with Gasteiger partial charge >= 0.3 is 12.1 Å². The molecule has 0 spiro atoms. The maximum Gasteiger partial charge on any atom is 0.410 e. The van der Waals surface area contributed by atoms with Gasteiger partial charge in [-0.2, -0.15) is 0 Å². The number of nitrogens with zero attached hydrogens (tertiary/aromatic N) is 1. The second-order valence-corrected chi connectivity index (χ2v) is 11.8. The van der Waals surface area contributed by atoms with Crippen molar-refractivity contribution in [1.82, 2.24) is 15.5 Å². The molecular formula is C29H45N3O6. The number of nitrogens with one attached hydrogen (secondary N) is 2. The molecule has 0 radical (unpaired) electrons. The number of aliphatic carboxylic acids is 1. The van der Waals surface area contributed by atoms with Gasteiger partial charge in [0.2, 0.25) is 11.8 Å². The van der Waals surface area contributed by atoms with Crippen LogP contribution in [0.2, 0.25) is 0 Å². The van der Waals surface area contributed by atoms with Crippen molar-refractivity contribution in [2.75, 3.05) is 13.1 Å². The molecular weight excluding hydrogens is 486 g/mol. The Bertz CT molecular complexity index is 964. The van der Waals surface area contributed by atoms with Crippen LogP contribution in [0.3, 0.4) is 0 Å². The second-order valence-electron chi connectivity index (χ2n) is 11.8. The Morgan fingerprint density at radius 2 is 1.61 bits per heavy atom. The Balaban J connectivity index is 2.30. The van der Waals surface area contributed by atoms with Crippen LogP contribution in [-0.4, -0.2) is 64.7 Å². The Morgan fingerprint density at radius 3 is 2.08 bits per heavy atom. The molecule has 1 aliphatic heterocycles. The van der Waals surface area contributed by atoms with Gasteiger partial charge in [-0.1, -0.05) is 64.4 Å². The van der Waals surface area contributed by atoms with Crippen LogP contribution in [0.4, 0.5) is 4.79 Å². The van der Waals surface area contributed by atoms with Crippen molar-refractivity contribution in [2.45, 2.75) is 97.2 Å². The van der Waals surface area contributed by atoms with Gasteiger partial charge in [0.25, 0.3) is 0 Å². The van der Waals surface area contributed by atoms with Gasteiger partial charge in [0.05, 0.1) is 5.41 Å². The number of rotatable bonds is 10. The number of carbonyl (C=O) groups excluding carboxylic acids is 3. The van der Waals surface area contributed by atoms with E-state index >= 15 is 0 Å². The molecule has 0 saturated carbocycles. The average molecular weight is 532 g/mol. The van der Waals surface area contributed by atoms with Gasteiger partial charge in [0.15, 0.2) is 0 Å². The lowest BCUT2D eigenvalue weighted by Crippen LogP contribution is -2.59. The van der Waals surface area contributed by atoms with Crippen LogP contribution in [0, 0.1) is 11.8 Å². The molecule has 0 aromatic heterocycles. The van der Waals surface area contributed by atoms with E-state index < -0.39 is 41.1 Å². The molecule has 212 valence electrons. The maximum atomic E-state index is 14.0. The van der Waals surface area contributed by atoms with Gasteiger partial charge in [-0.05, 0) is 57.4 Å². The number of carboxylic acid groups (broad SMARTS) is 1. The number of carboxylic acids is 1. The standard InChI is InChI=1S/C29H45N3O6/c1-8-20(4)23(25(34)35)31-24(33)22(18-19(2)3)30-26(36)29(21-12-10-9-11-13-21)14-16-32(17-15-29)27(37)38-28(5,6)7/h9-13,19-20,22-23H,8,14-18H2,1-7H3,(H,30,36)(H,31,33)(H,34,35)/t20?,22-,23-/m0/s1. The Kier molecular flexibility index (Phi) is 10.7. The molecule has 1 aliphatic rings. The predicted octanol–water partition coefficient (Wildman–Crippen LogP) is 4.10. The van der Waals surface area contributed by atoms with Crippen molar-refractivity contribution >= 4 is 23.9 Å². The number of amides is 3. The summed E-state index contributed by atoms with van der Waals surface area (Å²) in [5, 5.41) is 15.3. The van der Waals surface area contributed by atoms with E-state index in [1.165, 1.54) is 0 Å². The third kappa shape index (κ3) is 8.20. The molecule has 1 aromatic carbocycles. The Labute approximate surface area is 226 Å². The van der Waals surface area contributed by atoms with Crippen molar-refractivity contribution in [3.05, 3.63) is 35.9 Å². The molecule has 1 fully saturated rings. The van der Waals surface area contributed by atoms with Crippen molar-refractivity contribution in [3.63, 3.8) is 0 Å². The summed E-state index contributed by atoms with van der Waals surface area (Å²) in [5.74, 6) is -2.09. The van der Waals surface area contributed by atoms with Crippen molar-refractivity contribution in [1.29, 1.82) is 0 Å². The average Bonchev–Trinajstić information content (AvgIpc) is 2.85. The third-order valence-corrected chi connectivity index (χ3v) is 7.14. The van der Waals surface area contributed by atoms with E-state index in [-0.39, 0.29) is 17.7 Å². The molecule has 9 heteroatoms. The summed E-state index contributed by atoms with van der Waals surface area (Å²) < 4.78 is 5.52. The summed E-state index contributed by atoms with van der Waals surface area (Å²) in [6.45, 7) is 13.6. The molecule has 1 unspecified atom stereocenters. The fraction of sp³-hybridized carbons (Fsp3) is 0.655. The van der Waals surface area contributed by atoms with Gasteiger partial charge < -0.3 is 25.4 Å². The van der Waals surface area contributed by atoms with Crippen molar-refractivity contribution in [2.24, 2.45) is 11.8 Å². The fourth-order valence-corrected chi connectivity index (χ4v) is 4.74. The molecule has 1 heterocycles. The smallest absolute Gasteiger partial charge is 0.410 e. The highest BCUT2D eigenvalue weighted by molar-refractivity contribution is 5.94. The molecule has 1 saturated heterocycles. The Hall–Kier alpha value is -3.10. The van der Waals surface area contributed by atoms with Crippen LogP contribution in [0.25, 0.3) is 0 Å². The minimum Gasteiger partial charge on any atom is -0.480 e. The normalized spacial score (nSPS) is 17.7. The molecule has 3 N–H and O–H groups in total. The molecule has 1 aromatic rings. The van der Waals surface area contributed by atoms with Gasteiger partial charge in [-0.3, -0.25) is 9.59 Å². The van der Waals surface area contributed by atoms with Gasteiger partial charge in [-0.25, -0.2) is 9.59 Å². The zero-order chi connectivity index (χ0) is 28.7. The van der Waals surface area contributed by atoms with Crippen LogP contribution in [0.5, 0.6) is 0 Å². The van der Waals surface area contributed by atoms with Crippen molar-refractivity contribution < 1.29 is 29.0 Å². The van der Waals surface area contributed by atoms with Crippen LogP contribution < -0.4 is 10.6 Å². The minimum absolute atomic E-state index is 0.0830. The van der Waals surface area contributed by atoms with Crippen molar-refractivity contribution in [3.8, 4) is 0 Å². The fourth-order valence-electron chi connectivity index (χ4n) is 4.74. The first kappa shape index (κ1) is 31.1. The summed E-state index contributed by atoms with van der Waals surface area (Å²) in [5.41, 5.74) is -0.755. The number of hydrogen-bond donors (Lipinski definition) is 3. The SMILES string of the molecule is CCC(C)[C@H](NC(=O)[C@H](CC(C)C)NC(=O)C1(c2ccccc2)CCN(C(=O)OC(C)(C)C)CC1)C(=O)O. The van der Waals surface area contributed by atoms with Crippen LogP contribution in [0.1, 0.15) is 79.7 Å². The van der Waals surface area contributed by atoms with Crippen LogP contribution in [0.15, 0.2) is 30.3 Å². The first-order valence-corrected chi connectivity index (χ1v) is 13.6. The van der Waals surface area contributed by atoms with E-state index in [2.05, 4.69) is 10.6 Å². The number of benzene rings is 1. The number of carbonyl (C=O) groups is 4. The summed E-state index contributed by atoms with van der Waals surface area (Å²) in [7, 11) is 0. The molecule has 3 atom stereocenters. The monoisotopic (exact) mass is 531 g/mol. The quantitative estimate of drug-likeness (QED) is 0.417. The van der Waals surface area contributed by atoms with E-state index in [0.29, 0.717) is 38.8 Å². The minimum atomic E-state index is -1.10.